The summed E-state index contributed by atoms with van der Waals surface area (Å²) in [6, 6.07) is 8.30. The zero-order valence-corrected chi connectivity index (χ0v) is 10.7. The highest BCUT2D eigenvalue weighted by molar-refractivity contribution is 9.10. The van der Waals surface area contributed by atoms with E-state index < -0.39 is 0 Å². The number of nitrogens with zero attached hydrogens (tertiary/aromatic N) is 3. The number of nitrogens with one attached hydrogen (secondary N) is 1. The molecule has 0 atom stereocenters. The minimum Gasteiger partial charge on any atom is -0.368 e. The first-order valence-electron chi connectivity index (χ1n) is 5.48. The molecule has 1 aliphatic rings. The van der Waals surface area contributed by atoms with E-state index in [1.807, 2.05) is 24.3 Å². The molecule has 0 aliphatic heterocycles. The number of aromatic nitrogens is 3. The summed E-state index contributed by atoms with van der Waals surface area (Å²) in [6.45, 7) is 0. The molecule has 1 aliphatic carbocycles. The van der Waals surface area contributed by atoms with Gasteiger partial charge in [0.05, 0.1) is 5.69 Å². The predicted molar refractivity (Wildman–Crippen MR) is 70.1 cm³/mol. The summed E-state index contributed by atoms with van der Waals surface area (Å²) >= 11 is 3.48. The van der Waals surface area contributed by atoms with Crippen molar-refractivity contribution in [3.8, 4) is 5.69 Å². The molecule has 1 heterocycles. The van der Waals surface area contributed by atoms with Crippen LogP contribution in [0.4, 0.5) is 11.9 Å². The van der Waals surface area contributed by atoms with Crippen LogP contribution in [0.1, 0.15) is 12.8 Å². The Bertz CT molecular complexity index is 547. The van der Waals surface area contributed by atoms with Crippen LogP contribution in [0.3, 0.4) is 0 Å². The largest absolute Gasteiger partial charge is 0.368 e. The maximum atomic E-state index is 5.87. The van der Waals surface area contributed by atoms with E-state index in [2.05, 4.69) is 31.3 Å². The van der Waals surface area contributed by atoms with Crippen LogP contribution in [0.15, 0.2) is 28.7 Å². The Morgan fingerprint density at radius 2 is 2.12 bits per heavy atom. The van der Waals surface area contributed by atoms with E-state index in [4.69, 9.17) is 5.73 Å². The van der Waals surface area contributed by atoms with Crippen molar-refractivity contribution in [3.05, 3.63) is 28.7 Å². The molecule has 2 aromatic rings. The Hall–Kier alpha value is -1.56. The van der Waals surface area contributed by atoms with Crippen LogP contribution in [-0.4, -0.2) is 20.8 Å². The summed E-state index contributed by atoms with van der Waals surface area (Å²) in [5.74, 6) is 0.987. The highest BCUT2D eigenvalue weighted by Crippen LogP contribution is 2.26. The number of hydrogen-bond acceptors (Lipinski definition) is 4. The smallest absolute Gasteiger partial charge is 0.244 e. The van der Waals surface area contributed by atoms with Crippen LogP contribution in [0, 0.1) is 0 Å². The number of hydrogen-bond donors (Lipinski definition) is 2. The maximum absolute atomic E-state index is 5.87. The van der Waals surface area contributed by atoms with E-state index >= 15 is 0 Å². The molecule has 3 rings (SSSR count). The normalized spacial score (nSPS) is 14.9. The topological polar surface area (TPSA) is 68.8 Å². The van der Waals surface area contributed by atoms with Gasteiger partial charge in [-0.15, -0.1) is 5.10 Å². The van der Waals surface area contributed by atoms with Gasteiger partial charge in [-0.3, -0.25) is 0 Å². The predicted octanol–water partition coefficient (Wildman–Crippen LogP) is 2.19. The third kappa shape index (κ3) is 2.12. The third-order valence-electron chi connectivity index (χ3n) is 2.62. The number of nitrogens with two attached hydrogens (primary N) is 1. The summed E-state index contributed by atoms with van der Waals surface area (Å²) in [5, 5.41) is 7.59. The average Bonchev–Trinajstić information content (AvgIpc) is 3.03. The van der Waals surface area contributed by atoms with Crippen molar-refractivity contribution < 1.29 is 0 Å². The Kier molecular flexibility index (Phi) is 2.51. The Balaban J connectivity index is 1.96. The molecule has 1 aromatic heterocycles. The van der Waals surface area contributed by atoms with Crippen molar-refractivity contribution in [3.63, 3.8) is 0 Å². The van der Waals surface area contributed by atoms with Crippen molar-refractivity contribution in [1.82, 2.24) is 14.8 Å². The van der Waals surface area contributed by atoms with E-state index in [0.29, 0.717) is 17.9 Å². The van der Waals surface area contributed by atoms with E-state index in [1.54, 1.807) is 4.68 Å². The highest BCUT2D eigenvalue weighted by Gasteiger charge is 2.23. The number of anilines is 2. The third-order valence-corrected chi connectivity index (χ3v) is 3.29. The molecule has 0 radical (unpaired) electrons. The minimum atomic E-state index is 0.389. The van der Waals surface area contributed by atoms with E-state index in [-0.39, 0.29) is 0 Å². The zero-order chi connectivity index (χ0) is 11.8. The van der Waals surface area contributed by atoms with Crippen LogP contribution >= 0.6 is 15.9 Å². The molecule has 0 unspecified atom stereocenters. The van der Waals surface area contributed by atoms with E-state index in [9.17, 15) is 0 Å². The van der Waals surface area contributed by atoms with Crippen LogP contribution < -0.4 is 11.1 Å². The zero-order valence-electron chi connectivity index (χ0n) is 9.10. The molecule has 1 fully saturated rings. The molecule has 0 spiro atoms. The molecule has 3 N–H and O–H groups in total. The molecule has 88 valence electrons. The minimum absolute atomic E-state index is 0.389. The molecular formula is C11H12BrN5. The number of benzene rings is 1. The van der Waals surface area contributed by atoms with Gasteiger partial charge >= 0.3 is 0 Å². The number of rotatable bonds is 3. The summed E-state index contributed by atoms with van der Waals surface area (Å²) in [7, 11) is 0. The van der Waals surface area contributed by atoms with Gasteiger partial charge in [0, 0.05) is 10.5 Å². The molecule has 1 saturated carbocycles. The lowest BCUT2D eigenvalue weighted by molar-refractivity contribution is 0.883. The van der Waals surface area contributed by atoms with Crippen LogP contribution in [0.2, 0.25) is 0 Å². The second-order valence-electron chi connectivity index (χ2n) is 4.08. The van der Waals surface area contributed by atoms with Gasteiger partial charge in [-0.2, -0.15) is 9.67 Å². The molecule has 17 heavy (non-hydrogen) atoms. The van der Waals surface area contributed by atoms with Gasteiger partial charge in [-0.05, 0) is 40.9 Å². The molecule has 0 saturated heterocycles. The summed E-state index contributed by atoms with van der Waals surface area (Å²) in [6.07, 6.45) is 2.37. The van der Waals surface area contributed by atoms with Gasteiger partial charge in [0.2, 0.25) is 11.9 Å². The van der Waals surface area contributed by atoms with Crippen LogP contribution in [0.25, 0.3) is 5.69 Å². The molecule has 1 aromatic carbocycles. The quantitative estimate of drug-likeness (QED) is 0.910. The van der Waals surface area contributed by atoms with Crippen molar-refractivity contribution in [2.45, 2.75) is 18.9 Å². The second kappa shape index (κ2) is 4.03. The van der Waals surface area contributed by atoms with Crippen LogP contribution in [-0.2, 0) is 0 Å². The first kappa shape index (κ1) is 10.6. The molecule has 6 heteroatoms. The molecular weight excluding hydrogens is 282 g/mol. The summed E-state index contributed by atoms with van der Waals surface area (Å²) in [5.41, 5.74) is 6.76. The average molecular weight is 294 g/mol. The van der Waals surface area contributed by atoms with Crippen molar-refractivity contribution in [1.29, 1.82) is 0 Å². The standard InChI is InChI=1S/C11H12BrN5/c12-8-3-1-2-4-9(8)17-10(13)15-11(16-17)14-7-5-6-7/h1-4,7H,5-6H2,(H3,13,14,15,16). The number of para-hydroxylation sites is 1. The van der Waals surface area contributed by atoms with Crippen molar-refractivity contribution in [2.75, 3.05) is 11.1 Å². The van der Waals surface area contributed by atoms with Gasteiger partial charge in [0.25, 0.3) is 0 Å². The Labute approximate surface area is 107 Å². The molecule has 0 amide bonds. The molecule has 0 bridgehead atoms. The Morgan fingerprint density at radius 1 is 1.35 bits per heavy atom. The van der Waals surface area contributed by atoms with E-state index in [1.165, 1.54) is 12.8 Å². The lowest BCUT2D eigenvalue weighted by atomic mass is 10.3. The SMILES string of the molecule is Nc1nc(NC2CC2)nn1-c1ccccc1Br. The summed E-state index contributed by atoms with van der Waals surface area (Å²) in [4.78, 5) is 4.21. The van der Waals surface area contributed by atoms with Gasteiger partial charge in [0.15, 0.2) is 0 Å². The molecule has 5 nitrogen and oxygen atoms in total. The van der Waals surface area contributed by atoms with Gasteiger partial charge in [0.1, 0.15) is 0 Å². The highest BCUT2D eigenvalue weighted by atomic mass is 79.9. The number of nitrogen functional groups attached to an aromatic ring is 1. The lowest BCUT2D eigenvalue weighted by Gasteiger charge is -2.04. The Morgan fingerprint density at radius 3 is 2.82 bits per heavy atom. The van der Waals surface area contributed by atoms with Gasteiger partial charge in [-0.25, -0.2) is 0 Å². The first-order chi connectivity index (χ1) is 8.24. The first-order valence-corrected chi connectivity index (χ1v) is 6.27. The fraction of sp³-hybridized carbons (Fsp3) is 0.273. The fourth-order valence-electron chi connectivity index (χ4n) is 1.60. The number of halogens is 1. The fourth-order valence-corrected chi connectivity index (χ4v) is 2.05. The van der Waals surface area contributed by atoms with Crippen LogP contribution in [0.5, 0.6) is 0 Å². The summed E-state index contributed by atoms with van der Waals surface area (Å²) < 4.78 is 2.57. The maximum Gasteiger partial charge on any atom is 0.244 e. The van der Waals surface area contributed by atoms with E-state index in [0.717, 1.165) is 10.2 Å². The van der Waals surface area contributed by atoms with Crippen molar-refractivity contribution >= 4 is 27.8 Å². The van der Waals surface area contributed by atoms with Gasteiger partial charge < -0.3 is 11.1 Å². The van der Waals surface area contributed by atoms with Gasteiger partial charge in [-0.1, -0.05) is 12.1 Å². The van der Waals surface area contributed by atoms with Crippen molar-refractivity contribution in [2.24, 2.45) is 0 Å². The lowest BCUT2D eigenvalue weighted by Crippen LogP contribution is -2.04. The second-order valence-corrected chi connectivity index (χ2v) is 4.93. The monoisotopic (exact) mass is 293 g/mol.